The summed E-state index contributed by atoms with van der Waals surface area (Å²) >= 11 is 0. The lowest BCUT2D eigenvalue weighted by Gasteiger charge is -2.22. The van der Waals surface area contributed by atoms with E-state index in [9.17, 15) is 14.7 Å². The molecule has 0 aliphatic rings. The Kier molecular flexibility index (Phi) is 6.99. The van der Waals surface area contributed by atoms with Crippen LogP contribution >= 0.6 is 0 Å². The van der Waals surface area contributed by atoms with Crippen LogP contribution < -0.4 is 10.6 Å². The van der Waals surface area contributed by atoms with Crippen molar-refractivity contribution in [2.24, 2.45) is 4.99 Å². The Bertz CT molecular complexity index is 710. The van der Waals surface area contributed by atoms with Crippen LogP contribution in [0.15, 0.2) is 35.8 Å². The summed E-state index contributed by atoms with van der Waals surface area (Å²) in [4.78, 5) is 28.3. The van der Waals surface area contributed by atoms with Crippen molar-refractivity contribution in [3.05, 3.63) is 36.4 Å². The summed E-state index contributed by atoms with van der Waals surface area (Å²) in [5.41, 5.74) is -0.638. The molecule has 3 N–H and O–H groups in total. The van der Waals surface area contributed by atoms with Crippen molar-refractivity contribution in [2.75, 3.05) is 0 Å². The molecular weight excluding hydrogens is 350 g/mol. The molecule has 0 bridgehead atoms. The van der Waals surface area contributed by atoms with Gasteiger partial charge in [0.2, 0.25) is 5.96 Å². The smallest absolute Gasteiger partial charge is 0.414 e. The number of hydrogen-bond acceptors (Lipinski definition) is 6. The second-order valence-electron chi connectivity index (χ2n) is 7.71. The molecule has 0 unspecified atom stereocenters. The fourth-order valence-electron chi connectivity index (χ4n) is 1.77. The minimum Gasteiger partial charge on any atom is -0.508 e. The quantitative estimate of drug-likeness (QED) is 0.405. The Morgan fingerprint density at radius 2 is 1.48 bits per heavy atom. The van der Waals surface area contributed by atoms with Crippen LogP contribution in [0.25, 0.3) is 5.76 Å². The molecule has 0 atom stereocenters. The van der Waals surface area contributed by atoms with Crippen molar-refractivity contribution in [1.82, 2.24) is 10.6 Å². The minimum atomic E-state index is -0.792. The van der Waals surface area contributed by atoms with E-state index in [-0.39, 0.29) is 11.7 Å². The summed E-state index contributed by atoms with van der Waals surface area (Å²) in [6, 6.07) is 6.45. The summed E-state index contributed by atoms with van der Waals surface area (Å²) < 4.78 is 10.3. The molecule has 0 radical (unpaired) electrons. The highest BCUT2D eigenvalue weighted by molar-refractivity contribution is 6.02. The average Bonchev–Trinajstić information content (AvgIpc) is 2.42. The van der Waals surface area contributed by atoms with Gasteiger partial charge in [0.1, 0.15) is 17.0 Å². The van der Waals surface area contributed by atoms with E-state index in [0.29, 0.717) is 11.3 Å². The summed E-state index contributed by atoms with van der Waals surface area (Å²) in [5, 5.41) is 14.3. The van der Waals surface area contributed by atoms with E-state index in [4.69, 9.17) is 9.47 Å². The standard InChI is InChI=1S/C19H27N3O5/c1-12(23)13-9-8-10-14(11-13)20-15(21-16(24)26-18(2,3)4)22-17(25)27-19(5,6)7/h8-11,23H,1H2,2-7H3,(H2,20,21,22,24,25). The van der Waals surface area contributed by atoms with E-state index in [1.807, 2.05) is 0 Å². The second kappa shape index (κ2) is 8.57. The number of aliphatic imine (C=N–C) groups is 1. The summed E-state index contributed by atoms with van der Waals surface area (Å²) in [7, 11) is 0. The molecule has 0 saturated carbocycles. The zero-order valence-corrected chi connectivity index (χ0v) is 16.5. The molecule has 0 aliphatic heterocycles. The van der Waals surface area contributed by atoms with Crippen LogP contribution in [0, 0.1) is 0 Å². The molecule has 2 amide bonds. The number of hydrogen-bond donors (Lipinski definition) is 3. The highest BCUT2D eigenvalue weighted by Crippen LogP contribution is 2.18. The number of aliphatic hydroxyl groups is 1. The Morgan fingerprint density at radius 1 is 1.00 bits per heavy atom. The molecule has 8 nitrogen and oxygen atoms in total. The number of guanidine groups is 1. The molecule has 1 aromatic rings. The molecule has 0 aliphatic carbocycles. The lowest BCUT2D eigenvalue weighted by molar-refractivity contribution is 0.0545. The molecule has 0 fully saturated rings. The summed E-state index contributed by atoms with van der Waals surface area (Å²) in [5.74, 6) is -0.312. The van der Waals surface area contributed by atoms with Gasteiger partial charge in [0, 0.05) is 5.56 Å². The van der Waals surface area contributed by atoms with Gasteiger partial charge >= 0.3 is 12.2 Å². The van der Waals surface area contributed by atoms with Crippen LogP contribution in [0.4, 0.5) is 15.3 Å². The number of alkyl carbamates (subject to hydrolysis) is 2. The van der Waals surface area contributed by atoms with Gasteiger partial charge in [-0.3, -0.25) is 10.6 Å². The first kappa shape index (κ1) is 22.0. The Balaban J connectivity index is 3.09. The zero-order chi connectivity index (χ0) is 20.8. The van der Waals surface area contributed by atoms with E-state index in [1.54, 1.807) is 59.7 Å². The lowest BCUT2D eigenvalue weighted by atomic mass is 10.2. The maximum atomic E-state index is 12.0. The third-order valence-electron chi connectivity index (χ3n) is 2.66. The minimum absolute atomic E-state index is 0.131. The number of ether oxygens (including phenoxy) is 2. The number of carbonyl (C=O) groups is 2. The van der Waals surface area contributed by atoms with E-state index in [2.05, 4.69) is 22.2 Å². The van der Waals surface area contributed by atoms with Crippen molar-refractivity contribution in [3.63, 3.8) is 0 Å². The molecular formula is C19H27N3O5. The predicted octanol–water partition coefficient (Wildman–Crippen LogP) is 4.25. The molecule has 8 heteroatoms. The first-order valence-electron chi connectivity index (χ1n) is 8.32. The number of carbonyl (C=O) groups excluding carboxylic acids is 2. The first-order valence-corrected chi connectivity index (χ1v) is 8.32. The van der Waals surface area contributed by atoms with E-state index < -0.39 is 23.4 Å². The molecule has 148 valence electrons. The van der Waals surface area contributed by atoms with E-state index in [0.717, 1.165) is 0 Å². The molecule has 0 aromatic heterocycles. The van der Waals surface area contributed by atoms with Crippen LogP contribution in [0.3, 0.4) is 0 Å². The summed E-state index contributed by atoms with van der Waals surface area (Å²) in [6.45, 7) is 13.7. The van der Waals surface area contributed by atoms with Gasteiger partial charge in [0.25, 0.3) is 0 Å². The lowest BCUT2D eigenvalue weighted by Crippen LogP contribution is -2.47. The average molecular weight is 377 g/mol. The van der Waals surface area contributed by atoms with Crippen molar-refractivity contribution in [3.8, 4) is 0 Å². The van der Waals surface area contributed by atoms with Gasteiger partial charge in [-0.25, -0.2) is 14.6 Å². The van der Waals surface area contributed by atoms with Gasteiger partial charge in [-0.05, 0) is 53.7 Å². The largest absolute Gasteiger partial charge is 0.508 e. The van der Waals surface area contributed by atoms with Gasteiger partial charge in [-0.2, -0.15) is 0 Å². The molecule has 0 saturated heterocycles. The topological polar surface area (TPSA) is 109 Å². The molecule has 0 heterocycles. The first-order chi connectivity index (χ1) is 12.2. The SMILES string of the molecule is C=C(O)c1cccc(N=C(NC(=O)OC(C)(C)C)NC(=O)OC(C)(C)C)c1. The number of aliphatic hydroxyl groups excluding tert-OH is 1. The van der Waals surface area contributed by atoms with Gasteiger partial charge in [0.05, 0.1) is 5.69 Å². The van der Waals surface area contributed by atoms with Crippen LogP contribution in [-0.4, -0.2) is 34.5 Å². The Morgan fingerprint density at radius 3 is 1.89 bits per heavy atom. The highest BCUT2D eigenvalue weighted by atomic mass is 16.6. The maximum absolute atomic E-state index is 12.0. The van der Waals surface area contributed by atoms with Crippen molar-refractivity contribution < 1.29 is 24.2 Å². The third kappa shape index (κ3) is 9.29. The number of nitrogens with zero attached hydrogens (tertiary/aromatic N) is 1. The van der Waals surface area contributed by atoms with Crippen LogP contribution in [0.5, 0.6) is 0 Å². The number of amides is 2. The second-order valence-corrected chi connectivity index (χ2v) is 7.71. The van der Waals surface area contributed by atoms with Gasteiger partial charge in [0.15, 0.2) is 0 Å². The predicted molar refractivity (Wildman–Crippen MR) is 104 cm³/mol. The van der Waals surface area contributed by atoms with E-state index in [1.165, 1.54) is 6.07 Å². The molecule has 1 aromatic carbocycles. The number of rotatable bonds is 2. The fourth-order valence-corrected chi connectivity index (χ4v) is 1.77. The van der Waals surface area contributed by atoms with Crippen molar-refractivity contribution in [2.45, 2.75) is 52.7 Å². The zero-order valence-electron chi connectivity index (χ0n) is 16.5. The van der Waals surface area contributed by atoms with Crippen molar-refractivity contribution >= 4 is 29.6 Å². The molecule has 1 rings (SSSR count). The van der Waals surface area contributed by atoms with Crippen molar-refractivity contribution in [1.29, 1.82) is 0 Å². The third-order valence-corrected chi connectivity index (χ3v) is 2.66. The Hall–Kier alpha value is -3.03. The van der Waals surface area contributed by atoms with Crippen LogP contribution in [0.2, 0.25) is 0 Å². The summed E-state index contributed by atoms with van der Waals surface area (Å²) in [6.07, 6.45) is -1.58. The van der Waals surface area contributed by atoms with Gasteiger partial charge in [-0.15, -0.1) is 0 Å². The monoisotopic (exact) mass is 377 g/mol. The maximum Gasteiger partial charge on any atom is 0.414 e. The number of nitrogens with one attached hydrogen (secondary N) is 2. The van der Waals surface area contributed by atoms with Gasteiger partial charge in [-0.1, -0.05) is 18.7 Å². The van der Waals surface area contributed by atoms with E-state index >= 15 is 0 Å². The number of benzene rings is 1. The fraction of sp³-hybridized carbons (Fsp3) is 0.421. The van der Waals surface area contributed by atoms with Crippen LogP contribution in [-0.2, 0) is 9.47 Å². The normalized spacial score (nSPS) is 11.2. The Labute approximate surface area is 159 Å². The molecule has 0 spiro atoms. The van der Waals surface area contributed by atoms with Crippen LogP contribution in [0.1, 0.15) is 47.1 Å². The highest BCUT2D eigenvalue weighted by Gasteiger charge is 2.21. The molecule has 27 heavy (non-hydrogen) atoms. The van der Waals surface area contributed by atoms with Gasteiger partial charge < -0.3 is 14.6 Å².